The highest BCUT2D eigenvalue weighted by Gasteiger charge is 2.10. The maximum Gasteiger partial charge on any atom is 0.138 e. The summed E-state index contributed by atoms with van der Waals surface area (Å²) in [4.78, 5) is 0. The molecule has 0 radical (unpaired) electrons. The lowest BCUT2D eigenvalue weighted by Gasteiger charge is -2.16. The molecule has 0 aliphatic rings. The zero-order valence-corrected chi connectivity index (χ0v) is 14.4. The van der Waals surface area contributed by atoms with Crippen LogP contribution in [0.2, 0.25) is 0 Å². The molecular formula is C14H21Br2NO. The van der Waals surface area contributed by atoms with E-state index in [-0.39, 0.29) is 0 Å². The van der Waals surface area contributed by atoms with Crippen molar-refractivity contribution in [3.63, 3.8) is 0 Å². The predicted molar refractivity (Wildman–Crippen MR) is 84.2 cm³/mol. The second-order valence-electron chi connectivity index (χ2n) is 4.41. The number of ether oxygens (including phenoxy) is 1. The van der Waals surface area contributed by atoms with Crippen LogP contribution in [0, 0.1) is 0 Å². The van der Waals surface area contributed by atoms with Gasteiger partial charge in [0.15, 0.2) is 0 Å². The Bertz CT molecular complexity index is 382. The van der Waals surface area contributed by atoms with E-state index in [1.54, 1.807) is 0 Å². The largest absolute Gasteiger partial charge is 0.492 e. The molecule has 1 N–H and O–H groups in total. The van der Waals surface area contributed by atoms with Gasteiger partial charge >= 0.3 is 0 Å². The fourth-order valence-corrected chi connectivity index (χ4v) is 2.97. The molecule has 0 fully saturated rings. The van der Waals surface area contributed by atoms with Crippen LogP contribution >= 0.6 is 31.9 Å². The van der Waals surface area contributed by atoms with E-state index in [2.05, 4.69) is 64.0 Å². The number of hydrogen-bond donors (Lipinski definition) is 1. The van der Waals surface area contributed by atoms with Gasteiger partial charge in [-0.1, -0.05) is 29.8 Å². The van der Waals surface area contributed by atoms with Gasteiger partial charge in [-0.15, -0.1) is 0 Å². The minimum atomic E-state index is 0.516. The van der Waals surface area contributed by atoms with Crippen molar-refractivity contribution < 1.29 is 4.74 Å². The van der Waals surface area contributed by atoms with E-state index < -0.39 is 0 Å². The number of halogens is 2. The lowest BCUT2D eigenvalue weighted by molar-refractivity contribution is 0.310. The molecule has 1 atom stereocenters. The van der Waals surface area contributed by atoms with Crippen LogP contribution in [0.15, 0.2) is 21.1 Å². The zero-order chi connectivity index (χ0) is 13.5. The van der Waals surface area contributed by atoms with Gasteiger partial charge in [0.25, 0.3) is 0 Å². The predicted octanol–water partition coefficient (Wildman–Crippen LogP) is 4.89. The first-order chi connectivity index (χ1) is 8.58. The molecule has 0 unspecified atom stereocenters. The Labute approximate surface area is 127 Å². The fourth-order valence-electron chi connectivity index (χ4n) is 1.54. The normalized spacial score (nSPS) is 12.5. The van der Waals surface area contributed by atoms with E-state index in [1.807, 2.05) is 6.07 Å². The lowest BCUT2D eigenvalue weighted by Crippen LogP contribution is -2.24. The number of nitrogens with one attached hydrogen (secondary N) is 1. The standard InChI is InChI=1S/C14H21Br2NO/c1-4-6-18-14-11(9-17-10(3)5-2)7-12(15)8-13(14)16/h7-8,10,17H,4-6,9H2,1-3H3/t10-/m0/s1. The van der Waals surface area contributed by atoms with E-state index in [0.29, 0.717) is 6.04 Å². The van der Waals surface area contributed by atoms with Crippen molar-refractivity contribution >= 4 is 31.9 Å². The maximum absolute atomic E-state index is 5.83. The molecule has 0 aliphatic heterocycles. The summed E-state index contributed by atoms with van der Waals surface area (Å²) < 4.78 is 7.90. The Morgan fingerprint density at radius 3 is 2.61 bits per heavy atom. The molecule has 1 aromatic carbocycles. The second kappa shape index (κ2) is 8.18. The van der Waals surface area contributed by atoms with Crippen molar-refractivity contribution in [2.24, 2.45) is 0 Å². The molecule has 2 nitrogen and oxygen atoms in total. The van der Waals surface area contributed by atoms with Gasteiger partial charge in [0.2, 0.25) is 0 Å². The van der Waals surface area contributed by atoms with Crippen molar-refractivity contribution in [3.8, 4) is 5.75 Å². The third-order valence-corrected chi connectivity index (χ3v) is 3.84. The molecule has 0 aliphatic carbocycles. The second-order valence-corrected chi connectivity index (χ2v) is 6.18. The van der Waals surface area contributed by atoms with Gasteiger partial charge in [-0.3, -0.25) is 0 Å². The van der Waals surface area contributed by atoms with E-state index in [4.69, 9.17) is 4.74 Å². The average Bonchev–Trinajstić information content (AvgIpc) is 2.34. The third kappa shape index (κ3) is 4.90. The van der Waals surface area contributed by atoms with E-state index >= 15 is 0 Å². The van der Waals surface area contributed by atoms with Crippen LogP contribution in [0.4, 0.5) is 0 Å². The van der Waals surface area contributed by atoms with Crippen LogP contribution in [0.1, 0.15) is 39.2 Å². The zero-order valence-electron chi connectivity index (χ0n) is 11.2. The monoisotopic (exact) mass is 377 g/mol. The molecule has 102 valence electrons. The van der Waals surface area contributed by atoms with Crippen LogP contribution in [-0.4, -0.2) is 12.6 Å². The van der Waals surface area contributed by atoms with Gasteiger partial charge in [-0.2, -0.15) is 0 Å². The molecule has 0 saturated heterocycles. The minimum absolute atomic E-state index is 0.516. The summed E-state index contributed by atoms with van der Waals surface area (Å²) in [5.74, 6) is 0.954. The van der Waals surface area contributed by atoms with Crippen molar-refractivity contribution in [3.05, 3.63) is 26.6 Å². The minimum Gasteiger partial charge on any atom is -0.492 e. The van der Waals surface area contributed by atoms with Crippen LogP contribution in [-0.2, 0) is 6.54 Å². The summed E-state index contributed by atoms with van der Waals surface area (Å²) >= 11 is 7.10. The van der Waals surface area contributed by atoms with Gasteiger partial charge in [-0.25, -0.2) is 0 Å². The summed E-state index contributed by atoms with van der Waals surface area (Å²) in [6.45, 7) is 8.06. The number of rotatable bonds is 7. The molecule has 0 saturated carbocycles. The van der Waals surface area contributed by atoms with Crippen LogP contribution in [0.3, 0.4) is 0 Å². The van der Waals surface area contributed by atoms with E-state index in [1.165, 1.54) is 5.56 Å². The van der Waals surface area contributed by atoms with Crippen molar-refractivity contribution in [1.82, 2.24) is 5.32 Å². The summed E-state index contributed by atoms with van der Waals surface area (Å²) in [6.07, 6.45) is 2.14. The van der Waals surface area contributed by atoms with Crippen LogP contribution < -0.4 is 10.1 Å². The molecule has 0 spiro atoms. The Kier molecular flexibility index (Phi) is 7.27. The SMILES string of the molecule is CCCOc1c(Br)cc(Br)cc1CN[C@@H](C)CC. The van der Waals surface area contributed by atoms with Crippen molar-refractivity contribution in [2.45, 2.75) is 46.2 Å². The molecule has 0 aromatic heterocycles. The molecular weight excluding hydrogens is 358 g/mol. The van der Waals surface area contributed by atoms with Gasteiger partial charge in [0.05, 0.1) is 11.1 Å². The lowest BCUT2D eigenvalue weighted by atomic mass is 10.1. The maximum atomic E-state index is 5.83. The number of hydrogen-bond acceptors (Lipinski definition) is 2. The molecule has 18 heavy (non-hydrogen) atoms. The van der Waals surface area contributed by atoms with Crippen molar-refractivity contribution in [1.29, 1.82) is 0 Å². The smallest absolute Gasteiger partial charge is 0.138 e. The highest BCUT2D eigenvalue weighted by atomic mass is 79.9. The molecule has 1 rings (SSSR count). The summed E-state index contributed by atoms with van der Waals surface area (Å²) in [6, 6.07) is 4.66. The Hall–Kier alpha value is -0.0600. The fraction of sp³-hybridized carbons (Fsp3) is 0.571. The molecule has 4 heteroatoms. The quantitative estimate of drug-likeness (QED) is 0.729. The van der Waals surface area contributed by atoms with E-state index in [0.717, 1.165) is 40.7 Å². The Morgan fingerprint density at radius 2 is 2.00 bits per heavy atom. The van der Waals surface area contributed by atoms with Gasteiger partial charge in [0.1, 0.15) is 5.75 Å². The Balaban J connectivity index is 2.85. The van der Waals surface area contributed by atoms with E-state index in [9.17, 15) is 0 Å². The van der Waals surface area contributed by atoms with Gasteiger partial charge in [-0.05, 0) is 47.8 Å². The summed E-state index contributed by atoms with van der Waals surface area (Å²) in [5, 5.41) is 3.50. The topological polar surface area (TPSA) is 21.3 Å². The van der Waals surface area contributed by atoms with Crippen LogP contribution in [0.5, 0.6) is 5.75 Å². The molecule has 0 heterocycles. The Morgan fingerprint density at radius 1 is 1.28 bits per heavy atom. The average molecular weight is 379 g/mol. The molecule has 0 bridgehead atoms. The van der Waals surface area contributed by atoms with Crippen molar-refractivity contribution in [2.75, 3.05) is 6.61 Å². The summed E-state index contributed by atoms with van der Waals surface area (Å²) in [5.41, 5.74) is 1.19. The molecule has 1 aromatic rings. The van der Waals surface area contributed by atoms with Gasteiger partial charge in [0, 0.05) is 22.6 Å². The first-order valence-electron chi connectivity index (χ1n) is 6.42. The highest BCUT2D eigenvalue weighted by Crippen LogP contribution is 2.33. The highest BCUT2D eigenvalue weighted by molar-refractivity contribution is 9.11. The summed E-state index contributed by atoms with van der Waals surface area (Å²) in [7, 11) is 0. The first-order valence-corrected chi connectivity index (χ1v) is 8.01. The molecule has 0 amide bonds. The number of benzene rings is 1. The van der Waals surface area contributed by atoms with Crippen LogP contribution in [0.25, 0.3) is 0 Å². The third-order valence-electron chi connectivity index (χ3n) is 2.79. The first kappa shape index (κ1) is 16.0. The van der Waals surface area contributed by atoms with Gasteiger partial charge < -0.3 is 10.1 Å².